The molecule has 0 atom stereocenters. The van der Waals surface area contributed by atoms with E-state index >= 15 is 0 Å². The largest absolute Gasteiger partial charge is 0.481 e. The Kier molecular flexibility index (Phi) is 3.54. The Hall–Kier alpha value is -2.11. The summed E-state index contributed by atoms with van der Waals surface area (Å²) in [6, 6.07) is 3.51. The maximum Gasteiger partial charge on any atom is 0.267 e. The lowest BCUT2D eigenvalue weighted by molar-refractivity contribution is -0.115. The van der Waals surface area contributed by atoms with E-state index in [0.29, 0.717) is 18.0 Å². The second-order valence-corrected chi connectivity index (χ2v) is 3.62. The first-order valence-electron chi connectivity index (χ1n) is 5.40. The van der Waals surface area contributed by atoms with Crippen molar-refractivity contribution in [3.05, 3.63) is 18.3 Å². The van der Waals surface area contributed by atoms with Gasteiger partial charge < -0.3 is 10.1 Å². The predicted octanol–water partition coefficient (Wildman–Crippen LogP) is 0.768. The van der Waals surface area contributed by atoms with E-state index in [4.69, 9.17) is 4.74 Å². The molecular formula is C11H14N4O2. The molecule has 0 aliphatic carbocycles. The number of hydrogen-bond donors (Lipinski definition) is 2. The van der Waals surface area contributed by atoms with Crippen molar-refractivity contribution in [1.29, 1.82) is 0 Å². The number of carbonyl (C=O) groups is 1. The number of anilines is 1. The third kappa shape index (κ3) is 2.93. The van der Waals surface area contributed by atoms with Crippen LogP contribution in [0.25, 0.3) is 0 Å². The highest BCUT2D eigenvalue weighted by atomic mass is 16.5. The van der Waals surface area contributed by atoms with Gasteiger partial charge in [-0.3, -0.25) is 10.2 Å². The number of piperidine rings is 1. The van der Waals surface area contributed by atoms with Gasteiger partial charge in [0.2, 0.25) is 5.88 Å². The average Bonchev–Trinajstić information content (AvgIpc) is 2.38. The SMILES string of the molecule is COc1ccc(N/N=C2\CCCNC2=O)cn1. The minimum Gasteiger partial charge on any atom is -0.481 e. The van der Waals surface area contributed by atoms with Gasteiger partial charge in [0.25, 0.3) is 5.91 Å². The van der Waals surface area contributed by atoms with Crippen LogP contribution in [0.4, 0.5) is 5.69 Å². The average molecular weight is 234 g/mol. The Balaban J connectivity index is 2.00. The van der Waals surface area contributed by atoms with Crippen molar-refractivity contribution in [2.45, 2.75) is 12.8 Å². The summed E-state index contributed by atoms with van der Waals surface area (Å²) in [5, 5.41) is 6.81. The zero-order valence-electron chi connectivity index (χ0n) is 9.56. The summed E-state index contributed by atoms with van der Waals surface area (Å²) < 4.78 is 4.94. The lowest BCUT2D eigenvalue weighted by Crippen LogP contribution is -2.37. The van der Waals surface area contributed by atoms with E-state index in [1.54, 1.807) is 25.4 Å². The van der Waals surface area contributed by atoms with Crippen LogP contribution in [-0.2, 0) is 4.79 Å². The zero-order chi connectivity index (χ0) is 12.1. The molecule has 0 bridgehead atoms. The van der Waals surface area contributed by atoms with E-state index in [-0.39, 0.29) is 5.91 Å². The molecule has 6 heteroatoms. The molecule has 1 aromatic rings. The van der Waals surface area contributed by atoms with E-state index < -0.39 is 0 Å². The van der Waals surface area contributed by atoms with Crippen LogP contribution in [0.5, 0.6) is 5.88 Å². The summed E-state index contributed by atoms with van der Waals surface area (Å²) >= 11 is 0. The molecule has 2 N–H and O–H groups in total. The summed E-state index contributed by atoms with van der Waals surface area (Å²) in [7, 11) is 1.56. The predicted molar refractivity (Wildman–Crippen MR) is 64.1 cm³/mol. The Bertz CT molecular complexity index is 428. The number of aromatic nitrogens is 1. The monoisotopic (exact) mass is 234 g/mol. The molecule has 17 heavy (non-hydrogen) atoms. The van der Waals surface area contributed by atoms with Crippen molar-refractivity contribution < 1.29 is 9.53 Å². The number of hydrazone groups is 1. The number of nitrogens with zero attached hydrogens (tertiary/aromatic N) is 2. The molecule has 1 aliphatic rings. The number of methoxy groups -OCH3 is 1. The van der Waals surface area contributed by atoms with Gasteiger partial charge >= 0.3 is 0 Å². The quantitative estimate of drug-likeness (QED) is 0.757. The van der Waals surface area contributed by atoms with Gasteiger partial charge in [-0.25, -0.2) is 4.98 Å². The fraction of sp³-hybridized carbons (Fsp3) is 0.364. The van der Waals surface area contributed by atoms with Crippen LogP contribution in [0, 0.1) is 0 Å². The van der Waals surface area contributed by atoms with Gasteiger partial charge in [0, 0.05) is 12.6 Å². The molecule has 0 saturated carbocycles. The van der Waals surface area contributed by atoms with Crippen LogP contribution in [0.2, 0.25) is 0 Å². The lowest BCUT2D eigenvalue weighted by atomic mass is 10.1. The number of carbonyl (C=O) groups excluding carboxylic acids is 1. The molecule has 0 unspecified atom stereocenters. The van der Waals surface area contributed by atoms with Crippen molar-refractivity contribution in [3.8, 4) is 5.88 Å². The molecule has 2 heterocycles. The maximum atomic E-state index is 11.4. The molecule has 1 aromatic heterocycles. The van der Waals surface area contributed by atoms with Gasteiger partial charge in [0.1, 0.15) is 5.71 Å². The van der Waals surface area contributed by atoms with Crippen molar-refractivity contribution in [3.63, 3.8) is 0 Å². The van der Waals surface area contributed by atoms with Gasteiger partial charge in [-0.05, 0) is 18.9 Å². The fourth-order valence-electron chi connectivity index (χ4n) is 1.48. The number of amides is 1. The highest BCUT2D eigenvalue weighted by Gasteiger charge is 2.15. The Morgan fingerprint density at radius 1 is 1.53 bits per heavy atom. The van der Waals surface area contributed by atoms with E-state index in [2.05, 4.69) is 20.8 Å². The normalized spacial score (nSPS) is 17.7. The first kappa shape index (κ1) is 11.4. The van der Waals surface area contributed by atoms with Crippen molar-refractivity contribution in [2.75, 3.05) is 19.1 Å². The lowest BCUT2D eigenvalue weighted by Gasteiger charge is -2.13. The first-order chi connectivity index (χ1) is 8.29. The Morgan fingerprint density at radius 2 is 2.41 bits per heavy atom. The summed E-state index contributed by atoms with van der Waals surface area (Å²) in [5.74, 6) is 0.434. The third-order valence-corrected chi connectivity index (χ3v) is 2.40. The van der Waals surface area contributed by atoms with Gasteiger partial charge in [-0.15, -0.1) is 0 Å². The Morgan fingerprint density at radius 3 is 3.06 bits per heavy atom. The summed E-state index contributed by atoms with van der Waals surface area (Å²) in [5.41, 5.74) is 4.04. The molecule has 1 amide bonds. The van der Waals surface area contributed by atoms with Crippen LogP contribution >= 0.6 is 0 Å². The number of rotatable bonds is 3. The van der Waals surface area contributed by atoms with Crippen LogP contribution in [0.3, 0.4) is 0 Å². The van der Waals surface area contributed by atoms with Gasteiger partial charge in [-0.1, -0.05) is 0 Å². The smallest absolute Gasteiger partial charge is 0.267 e. The van der Waals surface area contributed by atoms with Gasteiger partial charge in [-0.2, -0.15) is 5.10 Å². The topological polar surface area (TPSA) is 75.6 Å². The minimum absolute atomic E-state index is 0.106. The van der Waals surface area contributed by atoms with Crippen LogP contribution in [-0.4, -0.2) is 30.3 Å². The molecule has 1 saturated heterocycles. The standard InChI is InChI=1S/C11H14N4O2/c1-17-10-5-4-8(7-13-10)14-15-9-3-2-6-12-11(9)16/h4-5,7,14H,2-3,6H2,1H3,(H,12,16)/b15-9+. The van der Waals surface area contributed by atoms with Gasteiger partial charge in [0.15, 0.2) is 0 Å². The Labute approximate surface area is 99.1 Å². The third-order valence-electron chi connectivity index (χ3n) is 2.40. The highest BCUT2D eigenvalue weighted by molar-refractivity contribution is 6.39. The van der Waals surface area contributed by atoms with E-state index in [1.165, 1.54) is 0 Å². The molecule has 90 valence electrons. The van der Waals surface area contributed by atoms with E-state index in [9.17, 15) is 4.79 Å². The maximum absolute atomic E-state index is 11.4. The second-order valence-electron chi connectivity index (χ2n) is 3.62. The molecule has 0 radical (unpaired) electrons. The molecule has 1 fully saturated rings. The number of ether oxygens (including phenoxy) is 1. The minimum atomic E-state index is -0.106. The van der Waals surface area contributed by atoms with Crippen molar-refractivity contribution in [2.24, 2.45) is 5.10 Å². The van der Waals surface area contributed by atoms with Crippen LogP contribution < -0.4 is 15.5 Å². The second kappa shape index (κ2) is 5.29. The number of pyridine rings is 1. The molecule has 6 nitrogen and oxygen atoms in total. The van der Waals surface area contributed by atoms with E-state index in [0.717, 1.165) is 18.7 Å². The fourth-order valence-corrected chi connectivity index (χ4v) is 1.48. The van der Waals surface area contributed by atoms with Gasteiger partial charge in [0.05, 0.1) is 19.0 Å². The first-order valence-corrected chi connectivity index (χ1v) is 5.40. The molecule has 0 spiro atoms. The number of nitrogens with one attached hydrogen (secondary N) is 2. The zero-order valence-corrected chi connectivity index (χ0v) is 9.56. The van der Waals surface area contributed by atoms with Crippen molar-refractivity contribution >= 4 is 17.3 Å². The molecular weight excluding hydrogens is 220 g/mol. The summed E-state index contributed by atoms with van der Waals surface area (Å²) in [6.45, 7) is 0.724. The number of hydrogen-bond acceptors (Lipinski definition) is 5. The van der Waals surface area contributed by atoms with Crippen molar-refractivity contribution in [1.82, 2.24) is 10.3 Å². The van der Waals surface area contributed by atoms with Crippen LogP contribution in [0.15, 0.2) is 23.4 Å². The van der Waals surface area contributed by atoms with E-state index in [1.807, 2.05) is 0 Å². The molecule has 1 aliphatic heterocycles. The van der Waals surface area contributed by atoms with Crippen LogP contribution in [0.1, 0.15) is 12.8 Å². The summed E-state index contributed by atoms with van der Waals surface area (Å²) in [4.78, 5) is 15.4. The molecule has 0 aromatic carbocycles. The molecule has 2 rings (SSSR count). The highest BCUT2D eigenvalue weighted by Crippen LogP contribution is 2.11. The summed E-state index contributed by atoms with van der Waals surface area (Å²) in [6.07, 6.45) is 3.22.